The number of H-pyrrole nitrogens is 1. The van der Waals surface area contributed by atoms with E-state index in [0.717, 1.165) is 34.8 Å². The molecule has 20 heavy (non-hydrogen) atoms. The molecule has 0 saturated heterocycles. The number of dihydropyridines is 1. The average molecular weight is 289 g/mol. The van der Waals surface area contributed by atoms with Crippen LogP contribution in [0.25, 0.3) is 0 Å². The smallest absolute Gasteiger partial charge is 0.103 e. The predicted molar refractivity (Wildman–Crippen MR) is 82.1 cm³/mol. The van der Waals surface area contributed by atoms with Crippen LogP contribution in [-0.2, 0) is 4.75 Å². The van der Waals surface area contributed by atoms with Gasteiger partial charge in [-0.15, -0.1) is 11.8 Å². The second-order valence-corrected chi connectivity index (χ2v) is 6.28. The number of hydrogen-bond acceptors (Lipinski definition) is 5. The lowest BCUT2D eigenvalue weighted by atomic mass is 9.88. The molecule has 1 aromatic rings. The van der Waals surface area contributed by atoms with Crippen molar-refractivity contribution in [2.24, 2.45) is 11.5 Å². The lowest BCUT2D eigenvalue weighted by molar-refractivity contribution is 0.643. The van der Waals surface area contributed by atoms with Crippen LogP contribution in [0.5, 0.6) is 0 Å². The molecule has 0 amide bonds. The van der Waals surface area contributed by atoms with Gasteiger partial charge in [0.2, 0.25) is 0 Å². The van der Waals surface area contributed by atoms with Crippen LogP contribution in [-0.4, -0.2) is 10.2 Å². The highest BCUT2D eigenvalue weighted by Crippen LogP contribution is 2.58. The van der Waals surface area contributed by atoms with Crippen LogP contribution in [0.3, 0.4) is 0 Å². The molecule has 0 saturated carbocycles. The van der Waals surface area contributed by atoms with E-state index >= 15 is 0 Å². The van der Waals surface area contributed by atoms with Gasteiger partial charge in [-0.1, -0.05) is 13.8 Å². The van der Waals surface area contributed by atoms with Crippen molar-refractivity contribution in [2.45, 2.75) is 31.4 Å². The molecule has 1 aromatic heterocycles. The quantitative estimate of drug-likeness (QED) is 0.683. The largest absolute Gasteiger partial charge is 0.398 e. The molecule has 6 N–H and O–H groups in total. The third-order valence-electron chi connectivity index (χ3n) is 3.92. The first-order valence-corrected chi connectivity index (χ1v) is 7.60. The van der Waals surface area contributed by atoms with E-state index in [4.69, 9.17) is 11.5 Å². The highest BCUT2D eigenvalue weighted by atomic mass is 32.2. The maximum Gasteiger partial charge on any atom is 0.103 e. The molecule has 2 aliphatic rings. The first kappa shape index (κ1) is 13.2. The van der Waals surface area contributed by atoms with Crippen molar-refractivity contribution in [1.82, 2.24) is 15.5 Å². The summed E-state index contributed by atoms with van der Waals surface area (Å²) in [6.07, 6.45) is 5.49. The average Bonchev–Trinajstić information content (AvgIpc) is 3.03. The topological polar surface area (TPSA) is 92.8 Å². The summed E-state index contributed by atoms with van der Waals surface area (Å²) in [4.78, 5) is 1.09. The molecular formula is C14H19N5S. The van der Waals surface area contributed by atoms with Gasteiger partial charge in [0.05, 0.1) is 26.7 Å². The first-order chi connectivity index (χ1) is 9.62. The number of nitrogens with zero attached hydrogens (tertiary/aromatic N) is 1. The maximum absolute atomic E-state index is 6.16. The van der Waals surface area contributed by atoms with E-state index in [2.05, 4.69) is 29.4 Å². The SMILES string of the molecule is CCC1=C2NC(N)=CC(N)=C2SC1(CC)c1ccn[nH]1. The van der Waals surface area contributed by atoms with Crippen LogP contribution in [0.4, 0.5) is 0 Å². The molecule has 5 nitrogen and oxygen atoms in total. The minimum atomic E-state index is -0.133. The fraction of sp³-hybridized carbons (Fsp3) is 0.357. The Kier molecular flexibility index (Phi) is 3.05. The molecule has 3 rings (SSSR count). The number of aromatic amines is 1. The molecule has 2 aliphatic heterocycles. The van der Waals surface area contributed by atoms with E-state index in [1.807, 2.05) is 6.07 Å². The summed E-state index contributed by atoms with van der Waals surface area (Å²) in [5, 5.41) is 10.5. The minimum absolute atomic E-state index is 0.133. The minimum Gasteiger partial charge on any atom is -0.398 e. The number of aromatic nitrogens is 2. The summed E-state index contributed by atoms with van der Waals surface area (Å²) in [7, 11) is 0. The van der Waals surface area contributed by atoms with Gasteiger partial charge in [0.15, 0.2) is 0 Å². The Balaban J connectivity index is 2.20. The molecule has 106 valence electrons. The number of hydrogen-bond donors (Lipinski definition) is 4. The molecule has 6 heteroatoms. The van der Waals surface area contributed by atoms with E-state index in [0.29, 0.717) is 5.82 Å². The molecule has 0 spiro atoms. The van der Waals surface area contributed by atoms with E-state index < -0.39 is 0 Å². The zero-order valence-corrected chi connectivity index (χ0v) is 12.5. The van der Waals surface area contributed by atoms with Crippen LogP contribution >= 0.6 is 11.8 Å². The summed E-state index contributed by atoms with van der Waals surface area (Å²) in [5.74, 6) is 0.601. The number of thioether (sulfide) groups is 1. The third kappa shape index (κ3) is 1.67. The van der Waals surface area contributed by atoms with Crippen LogP contribution in [0.2, 0.25) is 0 Å². The Labute approximate surface area is 122 Å². The standard InChI is InChI=1S/C14H19N5S/c1-3-8-12-13(9(15)7-11(16)18-12)20-14(8,4-2)10-5-6-17-19-10/h5-7,18H,3-4,15-16H2,1-2H3,(H,17,19). The van der Waals surface area contributed by atoms with Crippen LogP contribution < -0.4 is 16.8 Å². The molecule has 0 aromatic carbocycles. The van der Waals surface area contributed by atoms with Crippen LogP contribution in [0.1, 0.15) is 32.4 Å². The van der Waals surface area contributed by atoms with Crippen LogP contribution in [0.15, 0.2) is 46.0 Å². The van der Waals surface area contributed by atoms with Crippen molar-refractivity contribution >= 4 is 11.8 Å². The summed E-state index contributed by atoms with van der Waals surface area (Å²) in [5.41, 5.74) is 16.3. The highest BCUT2D eigenvalue weighted by Gasteiger charge is 2.46. The van der Waals surface area contributed by atoms with Gasteiger partial charge in [0.25, 0.3) is 0 Å². The maximum atomic E-state index is 6.16. The van der Waals surface area contributed by atoms with Crippen molar-refractivity contribution in [3.63, 3.8) is 0 Å². The Morgan fingerprint density at radius 1 is 1.35 bits per heavy atom. The predicted octanol–water partition coefficient (Wildman–Crippen LogP) is 2.00. The normalized spacial score (nSPS) is 25.6. The Morgan fingerprint density at radius 2 is 2.15 bits per heavy atom. The van der Waals surface area contributed by atoms with Gasteiger partial charge in [0.1, 0.15) is 5.82 Å². The summed E-state index contributed by atoms with van der Waals surface area (Å²) < 4.78 is -0.133. The summed E-state index contributed by atoms with van der Waals surface area (Å²) >= 11 is 1.79. The van der Waals surface area contributed by atoms with E-state index in [-0.39, 0.29) is 4.75 Å². The van der Waals surface area contributed by atoms with Gasteiger partial charge in [-0.3, -0.25) is 5.10 Å². The third-order valence-corrected chi connectivity index (χ3v) is 5.67. The molecule has 0 fully saturated rings. The zero-order valence-electron chi connectivity index (χ0n) is 11.7. The molecule has 1 atom stereocenters. The molecular weight excluding hydrogens is 270 g/mol. The fourth-order valence-corrected chi connectivity index (χ4v) is 4.55. The van der Waals surface area contributed by atoms with Gasteiger partial charge >= 0.3 is 0 Å². The van der Waals surface area contributed by atoms with Gasteiger partial charge in [-0.2, -0.15) is 5.10 Å². The molecule has 0 bridgehead atoms. The van der Waals surface area contributed by atoms with E-state index in [1.165, 1.54) is 5.57 Å². The highest BCUT2D eigenvalue weighted by molar-refractivity contribution is 8.04. The summed E-state index contributed by atoms with van der Waals surface area (Å²) in [6, 6.07) is 2.04. The number of allylic oxidation sites excluding steroid dienone is 1. The number of rotatable bonds is 3. The second-order valence-electron chi connectivity index (χ2n) is 4.97. The number of nitrogens with two attached hydrogens (primary N) is 2. The van der Waals surface area contributed by atoms with Gasteiger partial charge in [0, 0.05) is 12.3 Å². The molecule has 1 unspecified atom stereocenters. The van der Waals surface area contributed by atoms with Gasteiger partial charge in [-0.25, -0.2) is 0 Å². The lowest BCUT2D eigenvalue weighted by Crippen LogP contribution is -2.26. The monoisotopic (exact) mass is 289 g/mol. The molecule has 3 heterocycles. The van der Waals surface area contributed by atoms with Crippen molar-refractivity contribution < 1.29 is 0 Å². The van der Waals surface area contributed by atoms with Gasteiger partial charge < -0.3 is 16.8 Å². The van der Waals surface area contributed by atoms with Crippen LogP contribution in [0, 0.1) is 0 Å². The van der Waals surface area contributed by atoms with Crippen molar-refractivity contribution in [2.75, 3.05) is 0 Å². The number of nitrogens with one attached hydrogen (secondary N) is 2. The molecule has 0 aliphatic carbocycles. The second kappa shape index (κ2) is 4.63. The number of fused-ring (bicyclic) bond motifs is 1. The summed E-state index contributed by atoms with van der Waals surface area (Å²) in [6.45, 7) is 4.36. The van der Waals surface area contributed by atoms with Crippen molar-refractivity contribution in [3.05, 3.63) is 51.7 Å². The fourth-order valence-electron chi connectivity index (χ4n) is 3.01. The Morgan fingerprint density at radius 3 is 2.75 bits per heavy atom. The van der Waals surface area contributed by atoms with E-state index in [9.17, 15) is 0 Å². The lowest BCUT2D eigenvalue weighted by Gasteiger charge is -2.28. The van der Waals surface area contributed by atoms with Gasteiger partial charge in [-0.05, 0) is 24.5 Å². The Bertz CT molecular complexity index is 626. The molecule has 0 radical (unpaired) electrons. The first-order valence-electron chi connectivity index (χ1n) is 6.79. The van der Waals surface area contributed by atoms with Crippen molar-refractivity contribution in [1.29, 1.82) is 0 Å². The zero-order chi connectivity index (χ0) is 14.3. The Hall–Kier alpha value is -1.82. The van der Waals surface area contributed by atoms with Crippen molar-refractivity contribution in [3.8, 4) is 0 Å². The van der Waals surface area contributed by atoms with E-state index in [1.54, 1.807) is 24.0 Å².